The molecule has 0 fully saturated rings. The number of nitro benzene ring substituents is 1. The number of hydrogen-bond acceptors (Lipinski definition) is 7. The first kappa shape index (κ1) is 19.3. The molecule has 0 aliphatic carbocycles. The van der Waals surface area contributed by atoms with Crippen LogP contribution in [0.1, 0.15) is 32.0 Å². The molecule has 29 heavy (non-hydrogen) atoms. The van der Waals surface area contributed by atoms with Gasteiger partial charge in [0.25, 0.3) is 5.69 Å². The smallest absolute Gasteiger partial charge is 0.357 e. The molecule has 1 heterocycles. The van der Waals surface area contributed by atoms with E-state index < -0.39 is 16.7 Å². The topological polar surface area (TPSA) is 141 Å². The number of aromatic nitrogens is 1. The fourth-order valence-electron chi connectivity index (χ4n) is 2.88. The summed E-state index contributed by atoms with van der Waals surface area (Å²) < 4.78 is 5.98. The first-order valence-electron chi connectivity index (χ1n) is 8.26. The Morgan fingerprint density at radius 3 is 2.48 bits per heavy atom. The van der Waals surface area contributed by atoms with Crippen molar-refractivity contribution in [3.05, 3.63) is 87.2 Å². The fraction of sp³-hybridized carbons (Fsp3) is 0.0500. The van der Waals surface area contributed by atoms with Crippen molar-refractivity contribution in [1.29, 1.82) is 5.26 Å². The molecule has 1 aromatic heterocycles. The van der Waals surface area contributed by atoms with Gasteiger partial charge in [0.05, 0.1) is 34.5 Å². The third-order valence-electron chi connectivity index (χ3n) is 4.27. The molecule has 0 radical (unpaired) electrons. The molecule has 3 aromatic rings. The SMILES string of the molecule is COC(=O)c1c(N)c(C#N)cn1-c1ccc([N+](=O)[O-])cc1C(=O)c1ccccc1. The highest BCUT2D eigenvalue weighted by molar-refractivity contribution is 6.12. The van der Waals surface area contributed by atoms with Crippen LogP contribution in [0.3, 0.4) is 0 Å². The number of anilines is 1. The summed E-state index contributed by atoms with van der Waals surface area (Å²) in [5.74, 6) is -1.31. The highest BCUT2D eigenvalue weighted by atomic mass is 16.6. The largest absolute Gasteiger partial charge is 0.464 e. The Morgan fingerprint density at radius 1 is 1.21 bits per heavy atom. The van der Waals surface area contributed by atoms with Crippen LogP contribution in [0.5, 0.6) is 0 Å². The molecule has 0 unspecified atom stereocenters. The number of carbonyl (C=O) groups is 2. The molecule has 9 nitrogen and oxygen atoms in total. The summed E-state index contributed by atoms with van der Waals surface area (Å²) in [6.45, 7) is 0. The number of nitrogen functional groups attached to an aromatic ring is 1. The van der Waals surface area contributed by atoms with Gasteiger partial charge in [0.1, 0.15) is 6.07 Å². The normalized spacial score (nSPS) is 10.2. The molecule has 0 aliphatic rings. The number of carbonyl (C=O) groups excluding carboxylic acids is 2. The number of ether oxygens (including phenoxy) is 1. The molecule has 0 aliphatic heterocycles. The van der Waals surface area contributed by atoms with Crippen LogP contribution >= 0.6 is 0 Å². The van der Waals surface area contributed by atoms with Crippen molar-refractivity contribution in [3.8, 4) is 11.8 Å². The Labute approximate surface area is 164 Å². The third-order valence-corrected chi connectivity index (χ3v) is 4.27. The van der Waals surface area contributed by atoms with Gasteiger partial charge < -0.3 is 15.0 Å². The van der Waals surface area contributed by atoms with Gasteiger partial charge in [0, 0.05) is 23.9 Å². The summed E-state index contributed by atoms with van der Waals surface area (Å²) in [6.07, 6.45) is 1.28. The summed E-state index contributed by atoms with van der Waals surface area (Å²) in [7, 11) is 1.15. The summed E-state index contributed by atoms with van der Waals surface area (Å²) in [5.41, 5.74) is 5.76. The molecule has 0 saturated carbocycles. The number of nitro groups is 1. The van der Waals surface area contributed by atoms with Crippen LogP contribution in [0.25, 0.3) is 5.69 Å². The van der Waals surface area contributed by atoms with Gasteiger partial charge in [-0.1, -0.05) is 30.3 Å². The Hall–Kier alpha value is -4.45. The number of nitriles is 1. The number of hydrogen-bond donors (Lipinski definition) is 1. The summed E-state index contributed by atoms with van der Waals surface area (Å²) in [4.78, 5) is 35.9. The second-order valence-corrected chi connectivity index (χ2v) is 5.93. The van der Waals surface area contributed by atoms with E-state index >= 15 is 0 Å². The monoisotopic (exact) mass is 390 g/mol. The van der Waals surface area contributed by atoms with E-state index in [9.17, 15) is 25.0 Å². The van der Waals surface area contributed by atoms with E-state index in [1.807, 2.05) is 6.07 Å². The third kappa shape index (κ3) is 3.42. The minimum Gasteiger partial charge on any atom is -0.464 e. The Balaban J connectivity index is 2.31. The minimum absolute atomic E-state index is 0.00172. The maximum absolute atomic E-state index is 13.1. The van der Waals surface area contributed by atoms with E-state index in [1.165, 1.54) is 22.9 Å². The van der Waals surface area contributed by atoms with Crippen LogP contribution in [-0.4, -0.2) is 28.4 Å². The zero-order valence-corrected chi connectivity index (χ0v) is 15.2. The van der Waals surface area contributed by atoms with Gasteiger partial charge in [-0.3, -0.25) is 14.9 Å². The number of nitrogens with two attached hydrogens (primary N) is 1. The van der Waals surface area contributed by atoms with Crippen LogP contribution in [0.2, 0.25) is 0 Å². The van der Waals surface area contributed by atoms with Crippen LogP contribution in [0, 0.1) is 21.4 Å². The molecular formula is C20H14N4O5. The molecule has 2 N–H and O–H groups in total. The number of ketones is 1. The van der Waals surface area contributed by atoms with E-state index in [-0.39, 0.29) is 33.9 Å². The lowest BCUT2D eigenvalue weighted by molar-refractivity contribution is -0.384. The maximum atomic E-state index is 13.1. The molecule has 9 heteroatoms. The van der Waals surface area contributed by atoms with Gasteiger partial charge in [-0.25, -0.2) is 4.79 Å². The number of benzene rings is 2. The predicted octanol–water partition coefficient (Wildman–Crippen LogP) is 2.86. The first-order chi connectivity index (χ1) is 13.9. The fourth-order valence-corrected chi connectivity index (χ4v) is 2.88. The van der Waals surface area contributed by atoms with Crippen molar-refractivity contribution < 1.29 is 19.2 Å². The standard InChI is InChI=1S/C20H14N4O5/c1-29-20(26)18-17(22)13(10-21)11-23(18)16-8-7-14(24(27)28)9-15(16)19(25)12-5-3-2-4-6-12/h2-9,11H,22H2,1H3. The van der Waals surface area contributed by atoms with E-state index in [0.717, 1.165) is 13.2 Å². The Morgan fingerprint density at radius 2 is 1.90 bits per heavy atom. The first-order valence-corrected chi connectivity index (χ1v) is 8.26. The van der Waals surface area contributed by atoms with Gasteiger partial charge in [-0.05, 0) is 6.07 Å². The van der Waals surface area contributed by atoms with Crippen molar-refractivity contribution in [2.75, 3.05) is 12.8 Å². The Bertz CT molecular complexity index is 1180. The van der Waals surface area contributed by atoms with Crippen molar-refractivity contribution in [2.45, 2.75) is 0 Å². The van der Waals surface area contributed by atoms with Crippen molar-refractivity contribution in [1.82, 2.24) is 4.57 Å². The molecule has 0 atom stereocenters. The van der Waals surface area contributed by atoms with Gasteiger partial charge in [0.15, 0.2) is 11.5 Å². The number of rotatable bonds is 5. The Kier molecular flexibility index (Phi) is 5.10. The lowest BCUT2D eigenvalue weighted by Gasteiger charge is -2.13. The molecule has 0 spiro atoms. The molecule has 0 bridgehead atoms. The lowest BCUT2D eigenvalue weighted by Crippen LogP contribution is -2.14. The predicted molar refractivity (Wildman–Crippen MR) is 103 cm³/mol. The van der Waals surface area contributed by atoms with E-state index in [4.69, 9.17) is 10.5 Å². The van der Waals surface area contributed by atoms with Crippen molar-refractivity contribution >= 4 is 23.1 Å². The van der Waals surface area contributed by atoms with Crippen molar-refractivity contribution in [3.63, 3.8) is 0 Å². The van der Waals surface area contributed by atoms with Crippen LogP contribution in [-0.2, 0) is 4.74 Å². The summed E-state index contributed by atoms with van der Waals surface area (Å²) in [5, 5.41) is 20.5. The number of nitrogens with zero attached hydrogens (tertiary/aromatic N) is 3. The molecule has 0 amide bonds. The number of methoxy groups -OCH3 is 1. The van der Waals surface area contributed by atoms with Crippen LogP contribution < -0.4 is 5.73 Å². The molecular weight excluding hydrogens is 376 g/mol. The lowest BCUT2D eigenvalue weighted by atomic mass is 10.0. The maximum Gasteiger partial charge on any atom is 0.357 e. The highest BCUT2D eigenvalue weighted by Gasteiger charge is 2.26. The van der Waals surface area contributed by atoms with Gasteiger partial charge in [-0.15, -0.1) is 0 Å². The molecule has 0 saturated heterocycles. The van der Waals surface area contributed by atoms with E-state index in [1.54, 1.807) is 30.3 Å². The van der Waals surface area contributed by atoms with Crippen LogP contribution in [0.15, 0.2) is 54.7 Å². The summed E-state index contributed by atoms with van der Waals surface area (Å²) >= 11 is 0. The van der Waals surface area contributed by atoms with Gasteiger partial charge in [0.2, 0.25) is 0 Å². The zero-order valence-electron chi connectivity index (χ0n) is 15.2. The number of esters is 1. The average molecular weight is 390 g/mol. The average Bonchev–Trinajstić information content (AvgIpc) is 3.08. The minimum atomic E-state index is -0.819. The number of non-ortho nitro benzene ring substituents is 1. The van der Waals surface area contributed by atoms with Gasteiger partial charge >= 0.3 is 5.97 Å². The van der Waals surface area contributed by atoms with E-state index in [2.05, 4.69) is 0 Å². The van der Waals surface area contributed by atoms with Gasteiger partial charge in [-0.2, -0.15) is 5.26 Å². The second-order valence-electron chi connectivity index (χ2n) is 5.93. The van der Waals surface area contributed by atoms with E-state index in [0.29, 0.717) is 5.56 Å². The molecule has 2 aromatic carbocycles. The molecule has 3 rings (SSSR count). The molecule has 144 valence electrons. The highest BCUT2D eigenvalue weighted by Crippen LogP contribution is 2.30. The second kappa shape index (κ2) is 7.66. The quantitative estimate of drug-likeness (QED) is 0.305. The zero-order chi connectivity index (χ0) is 21.1. The summed E-state index contributed by atoms with van der Waals surface area (Å²) in [6, 6.07) is 13.7. The van der Waals surface area contributed by atoms with Crippen LogP contribution in [0.4, 0.5) is 11.4 Å². The van der Waals surface area contributed by atoms with Crippen molar-refractivity contribution in [2.24, 2.45) is 0 Å².